The lowest BCUT2D eigenvalue weighted by molar-refractivity contribution is 0.152. The third-order valence-electron chi connectivity index (χ3n) is 4.74. The Bertz CT molecular complexity index is 357. The minimum absolute atomic E-state index is 0.827. The zero-order chi connectivity index (χ0) is 14.8. The highest BCUT2D eigenvalue weighted by atomic mass is 15.1. The van der Waals surface area contributed by atoms with Gasteiger partial charge in [0.15, 0.2) is 0 Å². The first-order valence-electron chi connectivity index (χ1n) is 8.88. The Labute approximate surface area is 130 Å². The number of nitrogens with two attached hydrogens (primary N) is 1. The van der Waals surface area contributed by atoms with Gasteiger partial charge in [-0.1, -0.05) is 49.6 Å². The van der Waals surface area contributed by atoms with Crippen molar-refractivity contribution in [2.24, 2.45) is 5.73 Å². The van der Waals surface area contributed by atoms with E-state index in [4.69, 9.17) is 5.73 Å². The molecular formula is C19H32N2. The number of aryl methyl sites for hydroxylation is 1. The summed E-state index contributed by atoms with van der Waals surface area (Å²) in [7, 11) is 0. The van der Waals surface area contributed by atoms with E-state index < -0.39 is 0 Å². The molecule has 2 N–H and O–H groups in total. The average molecular weight is 288 g/mol. The molecule has 2 nitrogen and oxygen atoms in total. The summed E-state index contributed by atoms with van der Waals surface area (Å²) in [5.41, 5.74) is 7.19. The quantitative estimate of drug-likeness (QED) is 0.696. The van der Waals surface area contributed by atoms with Crippen molar-refractivity contribution in [1.29, 1.82) is 0 Å². The van der Waals surface area contributed by atoms with E-state index in [1.54, 1.807) is 0 Å². The predicted octanol–water partition coefficient (Wildman–Crippen LogP) is 3.99. The Hall–Kier alpha value is -0.860. The predicted molar refractivity (Wildman–Crippen MR) is 91.5 cm³/mol. The van der Waals surface area contributed by atoms with Crippen molar-refractivity contribution < 1.29 is 0 Å². The molecule has 0 aromatic heterocycles. The molecule has 1 saturated carbocycles. The number of hydrogen-bond donors (Lipinski definition) is 1. The van der Waals surface area contributed by atoms with E-state index in [1.165, 1.54) is 70.0 Å². The van der Waals surface area contributed by atoms with Crippen LogP contribution in [0, 0.1) is 0 Å². The number of benzene rings is 1. The summed E-state index contributed by atoms with van der Waals surface area (Å²) in [6.07, 6.45) is 12.1. The first kappa shape index (κ1) is 16.5. The van der Waals surface area contributed by atoms with E-state index in [2.05, 4.69) is 35.2 Å². The normalized spacial score (nSPS) is 16.5. The molecule has 0 aliphatic heterocycles. The highest BCUT2D eigenvalue weighted by Crippen LogP contribution is 2.23. The summed E-state index contributed by atoms with van der Waals surface area (Å²) < 4.78 is 0. The molecule has 0 bridgehead atoms. The third-order valence-corrected chi connectivity index (χ3v) is 4.74. The molecule has 0 atom stereocenters. The second-order valence-electron chi connectivity index (χ2n) is 6.41. The van der Waals surface area contributed by atoms with Crippen LogP contribution in [0.3, 0.4) is 0 Å². The van der Waals surface area contributed by atoms with Crippen LogP contribution in [0.1, 0.15) is 56.9 Å². The fourth-order valence-electron chi connectivity index (χ4n) is 3.51. The van der Waals surface area contributed by atoms with Crippen LogP contribution in [0.15, 0.2) is 30.3 Å². The van der Waals surface area contributed by atoms with Gasteiger partial charge in [-0.05, 0) is 63.7 Å². The average Bonchev–Trinajstić information content (AvgIpc) is 2.56. The molecular weight excluding hydrogens is 256 g/mol. The van der Waals surface area contributed by atoms with Gasteiger partial charge in [0, 0.05) is 6.04 Å². The maximum absolute atomic E-state index is 5.71. The topological polar surface area (TPSA) is 29.3 Å². The minimum Gasteiger partial charge on any atom is -0.330 e. The molecule has 1 aromatic carbocycles. The summed E-state index contributed by atoms with van der Waals surface area (Å²) in [6, 6.07) is 11.7. The lowest BCUT2D eigenvalue weighted by Crippen LogP contribution is -2.38. The van der Waals surface area contributed by atoms with Gasteiger partial charge in [0.1, 0.15) is 0 Å². The van der Waals surface area contributed by atoms with E-state index in [0.717, 1.165) is 19.0 Å². The van der Waals surface area contributed by atoms with Gasteiger partial charge in [0.25, 0.3) is 0 Å². The van der Waals surface area contributed by atoms with E-state index in [0.29, 0.717) is 0 Å². The molecule has 2 rings (SSSR count). The van der Waals surface area contributed by atoms with E-state index in [-0.39, 0.29) is 0 Å². The number of nitrogens with zero attached hydrogens (tertiary/aromatic N) is 1. The highest BCUT2D eigenvalue weighted by molar-refractivity contribution is 5.14. The molecule has 0 heterocycles. The first-order valence-corrected chi connectivity index (χ1v) is 8.88. The van der Waals surface area contributed by atoms with Gasteiger partial charge in [0.05, 0.1) is 0 Å². The maximum atomic E-state index is 5.71. The number of hydrogen-bond acceptors (Lipinski definition) is 2. The molecule has 1 fully saturated rings. The van der Waals surface area contributed by atoms with Crippen molar-refractivity contribution >= 4 is 0 Å². The summed E-state index contributed by atoms with van der Waals surface area (Å²) in [4.78, 5) is 2.73. The van der Waals surface area contributed by atoms with Crippen LogP contribution in [-0.4, -0.2) is 30.6 Å². The zero-order valence-electron chi connectivity index (χ0n) is 13.5. The fourth-order valence-corrected chi connectivity index (χ4v) is 3.51. The Morgan fingerprint density at radius 3 is 2.33 bits per heavy atom. The van der Waals surface area contributed by atoms with Gasteiger partial charge in [0.2, 0.25) is 0 Å². The lowest BCUT2D eigenvalue weighted by Gasteiger charge is -2.34. The molecule has 1 aliphatic rings. The Kier molecular flexibility index (Phi) is 7.83. The minimum atomic E-state index is 0.827. The Morgan fingerprint density at radius 2 is 1.62 bits per heavy atom. The van der Waals surface area contributed by atoms with E-state index in [1.807, 2.05) is 0 Å². The molecule has 0 radical (unpaired) electrons. The lowest BCUT2D eigenvalue weighted by atomic mass is 9.93. The van der Waals surface area contributed by atoms with Gasteiger partial charge >= 0.3 is 0 Å². The summed E-state index contributed by atoms with van der Waals surface area (Å²) in [6.45, 7) is 3.29. The standard InChI is InChI=1S/C19H32N2/c20-15-9-17-21(19-13-5-2-6-14-19)16-8-7-12-18-10-3-1-4-11-18/h1,3-4,10-11,19H,2,5-9,12-17,20H2. The van der Waals surface area contributed by atoms with Gasteiger partial charge in [-0.3, -0.25) is 0 Å². The molecule has 0 unspecified atom stereocenters. The monoisotopic (exact) mass is 288 g/mol. The summed E-state index contributed by atoms with van der Waals surface area (Å²) in [5, 5.41) is 0. The second kappa shape index (κ2) is 9.97. The SMILES string of the molecule is NCCCN(CCCCc1ccccc1)C1CCCCC1. The molecule has 0 saturated heterocycles. The van der Waals surface area contributed by atoms with Crippen LogP contribution in [0.25, 0.3) is 0 Å². The van der Waals surface area contributed by atoms with Crippen LogP contribution in [0.2, 0.25) is 0 Å². The molecule has 1 aromatic rings. The number of unbranched alkanes of at least 4 members (excludes halogenated alkanes) is 1. The van der Waals surface area contributed by atoms with Gasteiger partial charge in [-0.15, -0.1) is 0 Å². The van der Waals surface area contributed by atoms with Crippen LogP contribution >= 0.6 is 0 Å². The van der Waals surface area contributed by atoms with E-state index in [9.17, 15) is 0 Å². The molecule has 0 spiro atoms. The third kappa shape index (κ3) is 6.19. The van der Waals surface area contributed by atoms with Gasteiger partial charge in [-0.2, -0.15) is 0 Å². The second-order valence-corrected chi connectivity index (χ2v) is 6.41. The molecule has 1 aliphatic carbocycles. The Morgan fingerprint density at radius 1 is 0.905 bits per heavy atom. The molecule has 21 heavy (non-hydrogen) atoms. The fraction of sp³-hybridized carbons (Fsp3) is 0.684. The van der Waals surface area contributed by atoms with Crippen LogP contribution in [0.5, 0.6) is 0 Å². The molecule has 0 amide bonds. The zero-order valence-corrected chi connectivity index (χ0v) is 13.5. The first-order chi connectivity index (χ1) is 10.4. The van der Waals surface area contributed by atoms with Crippen LogP contribution in [-0.2, 0) is 6.42 Å². The van der Waals surface area contributed by atoms with Crippen molar-refractivity contribution in [3.8, 4) is 0 Å². The summed E-state index contributed by atoms with van der Waals surface area (Å²) >= 11 is 0. The number of rotatable bonds is 9. The van der Waals surface area contributed by atoms with Crippen molar-refractivity contribution in [1.82, 2.24) is 4.90 Å². The highest BCUT2D eigenvalue weighted by Gasteiger charge is 2.19. The molecule has 118 valence electrons. The van der Waals surface area contributed by atoms with Crippen molar-refractivity contribution in [3.63, 3.8) is 0 Å². The van der Waals surface area contributed by atoms with E-state index >= 15 is 0 Å². The van der Waals surface area contributed by atoms with Crippen LogP contribution < -0.4 is 5.73 Å². The van der Waals surface area contributed by atoms with Crippen molar-refractivity contribution in [2.45, 2.75) is 63.8 Å². The maximum Gasteiger partial charge on any atom is 0.00952 e. The van der Waals surface area contributed by atoms with Crippen molar-refractivity contribution in [3.05, 3.63) is 35.9 Å². The summed E-state index contributed by atoms with van der Waals surface area (Å²) in [5.74, 6) is 0. The Balaban J connectivity index is 1.70. The van der Waals surface area contributed by atoms with Crippen LogP contribution in [0.4, 0.5) is 0 Å². The smallest absolute Gasteiger partial charge is 0.00952 e. The molecule has 2 heteroatoms. The largest absolute Gasteiger partial charge is 0.330 e. The van der Waals surface area contributed by atoms with Gasteiger partial charge in [-0.25, -0.2) is 0 Å². The van der Waals surface area contributed by atoms with Gasteiger partial charge < -0.3 is 10.6 Å². The van der Waals surface area contributed by atoms with Crippen molar-refractivity contribution in [2.75, 3.05) is 19.6 Å².